The molecule has 0 atom stereocenters. The van der Waals surface area contributed by atoms with Gasteiger partial charge in [0, 0.05) is 22.6 Å². The Bertz CT molecular complexity index is 960. The fourth-order valence-electron chi connectivity index (χ4n) is 3.04. The third-order valence-corrected chi connectivity index (χ3v) is 6.84. The van der Waals surface area contributed by atoms with Gasteiger partial charge in [0.25, 0.3) is 0 Å². The van der Waals surface area contributed by atoms with Crippen molar-refractivity contribution in [3.63, 3.8) is 0 Å². The third-order valence-electron chi connectivity index (χ3n) is 4.32. The molecule has 0 saturated heterocycles. The molecule has 3 nitrogen and oxygen atoms in total. The van der Waals surface area contributed by atoms with Crippen molar-refractivity contribution < 1.29 is 13.7 Å². The number of halogens is 1. The monoisotopic (exact) mass is 365 g/mol. The topological polar surface area (TPSA) is 38.7 Å². The van der Waals surface area contributed by atoms with Crippen molar-refractivity contribution in [3.8, 4) is 5.75 Å². The predicted octanol–water partition coefficient (Wildman–Crippen LogP) is 4.33. The second kappa shape index (κ2) is 6.89. The van der Waals surface area contributed by atoms with Crippen LogP contribution in [0.4, 0.5) is 4.39 Å². The summed E-state index contributed by atoms with van der Waals surface area (Å²) < 4.78 is 38.1. The van der Waals surface area contributed by atoms with E-state index in [2.05, 4.69) is 0 Å². The van der Waals surface area contributed by atoms with Crippen LogP contribution < -0.4 is 15.3 Å². The van der Waals surface area contributed by atoms with Crippen molar-refractivity contribution in [1.29, 1.82) is 0 Å². The second-order valence-electron chi connectivity index (χ2n) is 6.03. The van der Waals surface area contributed by atoms with Gasteiger partial charge in [-0.05, 0) is 42.5 Å². The summed E-state index contributed by atoms with van der Waals surface area (Å²) in [4.78, 5) is 0. The summed E-state index contributed by atoms with van der Waals surface area (Å²) in [5.41, 5.74) is 1.19. The van der Waals surface area contributed by atoms with Crippen LogP contribution in [0, 0.1) is 5.82 Å². The Morgan fingerprint density at radius 3 is 2.12 bits per heavy atom. The zero-order chi connectivity index (χ0) is 18.0. The summed E-state index contributed by atoms with van der Waals surface area (Å²) in [6.07, 6.45) is 0.486. The van der Waals surface area contributed by atoms with Crippen LogP contribution in [0.2, 0.25) is 0 Å². The van der Waals surface area contributed by atoms with Crippen molar-refractivity contribution in [1.82, 2.24) is 0 Å². The maximum Gasteiger partial charge on any atom is 0.247 e. The van der Waals surface area contributed by atoms with Crippen LogP contribution in [0.5, 0.6) is 5.75 Å². The standard InChI is InChI=1S/C21H17FNO2P/c22-16-11-12-21-19(15-16)20(13-14-25-21)23-26(24,17-7-3-1-4-8-17)18-9-5-2-6-10-18/h1-12,15H,13-14H2/b23-20-. The molecule has 0 aromatic heterocycles. The number of fused-ring (bicyclic) bond motifs is 1. The lowest BCUT2D eigenvalue weighted by Crippen LogP contribution is -2.20. The Labute approximate surface area is 151 Å². The molecule has 0 N–H and O–H groups in total. The predicted molar refractivity (Wildman–Crippen MR) is 103 cm³/mol. The average Bonchev–Trinajstić information content (AvgIpc) is 2.70. The number of benzene rings is 3. The molecule has 0 unspecified atom stereocenters. The number of hydrogen-bond donors (Lipinski definition) is 0. The normalized spacial score (nSPS) is 15.3. The molecule has 130 valence electrons. The first-order valence-electron chi connectivity index (χ1n) is 8.40. The maximum atomic E-state index is 14.1. The summed E-state index contributed by atoms with van der Waals surface area (Å²) >= 11 is 0. The van der Waals surface area contributed by atoms with E-state index in [9.17, 15) is 8.96 Å². The van der Waals surface area contributed by atoms with E-state index >= 15 is 0 Å². The highest BCUT2D eigenvalue weighted by atomic mass is 31.2. The van der Waals surface area contributed by atoms with Gasteiger partial charge in [0.2, 0.25) is 7.29 Å². The molecule has 3 aromatic carbocycles. The van der Waals surface area contributed by atoms with E-state index in [4.69, 9.17) is 9.50 Å². The van der Waals surface area contributed by atoms with Crippen LogP contribution in [0.15, 0.2) is 83.6 Å². The average molecular weight is 365 g/mol. The van der Waals surface area contributed by atoms with Crippen molar-refractivity contribution >= 4 is 23.6 Å². The van der Waals surface area contributed by atoms with Crippen molar-refractivity contribution in [2.75, 3.05) is 6.61 Å². The highest BCUT2D eigenvalue weighted by Gasteiger charge is 2.29. The molecular formula is C21H17FNO2P. The molecule has 0 radical (unpaired) electrons. The molecule has 0 spiro atoms. The number of hydrogen-bond acceptors (Lipinski definition) is 2. The third kappa shape index (κ3) is 3.09. The second-order valence-corrected chi connectivity index (χ2v) is 8.42. The van der Waals surface area contributed by atoms with E-state index in [1.807, 2.05) is 60.7 Å². The number of nitrogens with zero attached hydrogens (tertiary/aromatic N) is 1. The van der Waals surface area contributed by atoms with Crippen LogP contribution in [-0.2, 0) is 4.57 Å². The Kier molecular flexibility index (Phi) is 4.44. The Hall–Kier alpha value is -2.71. The molecule has 0 bridgehead atoms. The molecule has 0 amide bonds. The van der Waals surface area contributed by atoms with Crippen molar-refractivity contribution in [3.05, 3.63) is 90.2 Å². The van der Waals surface area contributed by atoms with Crippen LogP contribution in [0.3, 0.4) is 0 Å². The molecule has 0 fully saturated rings. The Morgan fingerprint density at radius 1 is 0.885 bits per heavy atom. The first-order chi connectivity index (χ1) is 12.7. The highest BCUT2D eigenvalue weighted by Crippen LogP contribution is 2.46. The summed E-state index contributed by atoms with van der Waals surface area (Å²) in [7, 11) is -3.25. The molecule has 1 aliphatic rings. The molecule has 3 aromatic rings. The SMILES string of the molecule is O=P(/N=C1/CCOc2ccc(F)cc21)(c1ccccc1)c1ccccc1. The zero-order valence-corrected chi connectivity index (χ0v) is 14.9. The van der Waals surface area contributed by atoms with E-state index in [0.29, 0.717) is 40.7 Å². The van der Waals surface area contributed by atoms with E-state index in [-0.39, 0.29) is 5.82 Å². The summed E-state index contributed by atoms with van der Waals surface area (Å²) in [5.74, 6) is 0.209. The largest absolute Gasteiger partial charge is 0.492 e. The van der Waals surface area contributed by atoms with Crippen LogP contribution in [-0.4, -0.2) is 12.3 Å². The summed E-state index contributed by atoms with van der Waals surface area (Å²) in [5, 5.41) is 1.31. The minimum Gasteiger partial charge on any atom is -0.492 e. The van der Waals surface area contributed by atoms with Crippen molar-refractivity contribution in [2.24, 2.45) is 4.76 Å². The quantitative estimate of drug-likeness (QED) is 0.648. The Morgan fingerprint density at radius 2 is 1.50 bits per heavy atom. The summed E-state index contributed by atoms with van der Waals surface area (Å²) in [6.45, 7) is 0.432. The van der Waals surface area contributed by atoms with E-state index in [1.54, 1.807) is 6.07 Å². The van der Waals surface area contributed by atoms with Gasteiger partial charge in [0.1, 0.15) is 11.6 Å². The number of ether oxygens (including phenoxy) is 1. The molecule has 1 aliphatic heterocycles. The van der Waals surface area contributed by atoms with Gasteiger partial charge in [0.05, 0.1) is 12.3 Å². The minimum atomic E-state index is -3.25. The Balaban J connectivity index is 1.92. The molecule has 5 heteroatoms. The highest BCUT2D eigenvalue weighted by molar-refractivity contribution is 7.77. The minimum absolute atomic E-state index is 0.365. The zero-order valence-electron chi connectivity index (χ0n) is 14.0. The molecule has 1 heterocycles. The molecule has 26 heavy (non-hydrogen) atoms. The van der Waals surface area contributed by atoms with E-state index < -0.39 is 7.29 Å². The van der Waals surface area contributed by atoms with Gasteiger partial charge in [-0.25, -0.2) is 9.15 Å². The first-order valence-corrected chi connectivity index (χ1v) is 10.1. The lowest BCUT2D eigenvalue weighted by Gasteiger charge is -2.22. The van der Waals surface area contributed by atoms with E-state index in [0.717, 1.165) is 0 Å². The van der Waals surface area contributed by atoms with Gasteiger partial charge in [-0.1, -0.05) is 36.4 Å². The van der Waals surface area contributed by atoms with Gasteiger partial charge in [-0.2, -0.15) is 0 Å². The van der Waals surface area contributed by atoms with Gasteiger partial charge in [0.15, 0.2) is 0 Å². The van der Waals surface area contributed by atoms with Crippen molar-refractivity contribution in [2.45, 2.75) is 6.42 Å². The molecular weight excluding hydrogens is 348 g/mol. The summed E-state index contributed by atoms with van der Waals surface area (Å²) in [6, 6.07) is 22.8. The molecule has 4 rings (SSSR count). The van der Waals surface area contributed by atoms with E-state index in [1.165, 1.54) is 12.1 Å². The van der Waals surface area contributed by atoms with Crippen LogP contribution in [0.1, 0.15) is 12.0 Å². The van der Waals surface area contributed by atoms with Gasteiger partial charge >= 0.3 is 0 Å². The van der Waals surface area contributed by atoms with Gasteiger partial charge < -0.3 is 4.74 Å². The molecule has 0 aliphatic carbocycles. The smallest absolute Gasteiger partial charge is 0.247 e. The lowest BCUT2D eigenvalue weighted by atomic mass is 10.0. The fraction of sp³-hybridized carbons (Fsp3) is 0.0952. The van der Waals surface area contributed by atoms with Crippen LogP contribution in [0.25, 0.3) is 0 Å². The fourth-order valence-corrected chi connectivity index (χ4v) is 5.27. The lowest BCUT2D eigenvalue weighted by molar-refractivity contribution is 0.320. The number of rotatable bonds is 3. The first kappa shape index (κ1) is 16.7. The van der Waals surface area contributed by atoms with Gasteiger partial charge in [-0.3, -0.25) is 4.57 Å². The maximum absolute atomic E-state index is 14.1. The van der Waals surface area contributed by atoms with Crippen LogP contribution >= 0.6 is 7.29 Å². The van der Waals surface area contributed by atoms with Gasteiger partial charge in [-0.15, -0.1) is 0 Å². The molecule has 0 saturated carbocycles.